The Hall–Kier alpha value is -1.03. The molecule has 1 unspecified atom stereocenters. The van der Waals surface area contributed by atoms with E-state index in [2.05, 4.69) is 10.1 Å². The molecule has 1 atom stereocenters. The minimum atomic E-state index is -0.336. The van der Waals surface area contributed by atoms with Gasteiger partial charge in [0, 0.05) is 25.4 Å². The van der Waals surface area contributed by atoms with Crippen LogP contribution in [-0.4, -0.2) is 32.8 Å². The summed E-state index contributed by atoms with van der Waals surface area (Å²) in [4.78, 5) is 10.7. The molecular weight excluding hydrogens is 182 g/mol. The summed E-state index contributed by atoms with van der Waals surface area (Å²) in [6, 6.07) is 0. The third-order valence-electron chi connectivity index (χ3n) is 2.20. The van der Waals surface area contributed by atoms with Gasteiger partial charge in [-0.05, 0) is 18.8 Å². The lowest BCUT2D eigenvalue weighted by molar-refractivity contribution is -0.134. The zero-order valence-electron chi connectivity index (χ0n) is 8.49. The molecule has 1 N–H and O–H groups in total. The second kappa shape index (κ2) is 6.43. The van der Waals surface area contributed by atoms with Gasteiger partial charge in [0.25, 0.3) is 0 Å². The van der Waals surface area contributed by atoms with Crippen LogP contribution in [0, 0.1) is 5.92 Å². The van der Waals surface area contributed by atoms with Crippen LogP contribution in [0.2, 0.25) is 0 Å². The number of carbonyl (C=O) groups excluding carboxylic acids is 1. The molecular formula is C10H17NO3. The molecule has 0 spiro atoms. The summed E-state index contributed by atoms with van der Waals surface area (Å²) in [7, 11) is 1.36. The molecule has 0 amide bonds. The molecule has 1 aliphatic rings. The van der Waals surface area contributed by atoms with Gasteiger partial charge in [0.2, 0.25) is 0 Å². The first-order valence-electron chi connectivity index (χ1n) is 4.88. The lowest BCUT2D eigenvalue weighted by atomic mass is 10.0. The van der Waals surface area contributed by atoms with Gasteiger partial charge in [-0.1, -0.05) is 0 Å². The summed E-state index contributed by atoms with van der Waals surface area (Å²) in [6.07, 6.45) is 5.33. The molecule has 14 heavy (non-hydrogen) atoms. The van der Waals surface area contributed by atoms with Gasteiger partial charge in [-0.25, -0.2) is 4.79 Å². The van der Waals surface area contributed by atoms with Crippen LogP contribution in [0.4, 0.5) is 0 Å². The van der Waals surface area contributed by atoms with Gasteiger partial charge in [0.05, 0.1) is 13.7 Å². The number of carbonyl (C=O) groups is 1. The van der Waals surface area contributed by atoms with Gasteiger partial charge in [-0.3, -0.25) is 0 Å². The van der Waals surface area contributed by atoms with E-state index in [1.807, 2.05) is 0 Å². The van der Waals surface area contributed by atoms with Crippen LogP contribution in [0.25, 0.3) is 0 Å². The molecule has 1 fully saturated rings. The van der Waals surface area contributed by atoms with Crippen LogP contribution in [0.5, 0.6) is 0 Å². The zero-order valence-corrected chi connectivity index (χ0v) is 8.49. The fourth-order valence-electron chi connectivity index (χ4n) is 1.40. The van der Waals surface area contributed by atoms with Crippen molar-refractivity contribution in [1.82, 2.24) is 5.32 Å². The normalized spacial score (nSPS) is 22.2. The third-order valence-corrected chi connectivity index (χ3v) is 2.20. The molecule has 4 nitrogen and oxygen atoms in total. The van der Waals surface area contributed by atoms with Crippen LogP contribution >= 0.6 is 0 Å². The van der Waals surface area contributed by atoms with E-state index in [-0.39, 0.29) is 5.97 Å². The first-order valence-corrected chi connectivity index (χ1v) is 4.88. The highest BCUT2D eigenvalue weighted by Crippen LogP contribution is 2.11. The highest BCUT2D eigenvalue weighted by atomic mass is 16.5. The number of ether oxygens (including phenoxy) is 2. The second-order valence-electron chi connectivity index (χ2n) is 3.35. The van der Waals surface area contributed by atoms with Gasteiger partial charge in [0.1, 0.15) is 0 Å². The van der Waals surface area contributed by atoms with Crippen LogP contribution in [0.15, 0.2) is 12.3 Å². The standard InChI is InChI=1S/C10H17NO3/c1-13-10(12)4-5-11-7-9-3-2-6-14-8-9/h4-5,9,11H,2-3,6-8H2,1H3/b5-4+. The Bertz CT molecular complexity index is 198. The largest absolute Gasteiger partial charge is 0.466 e. The number of esters is 1. The fraction of sp³-hybridized carbons (Fsp3) is 0.700. The SMILES string of the molecule is COC(=O)/C=C/NCC1CCCOC1. The first kappa shape index (κ1) is 11.0. The molecule has 0 bridgehead atoms. The Morgan fingerprint density at radius 1 is 1.71 bits per heavy atom. The van der Waals surface area contributed by atoms with Gasteiger partial charge in [-0.15, -0.1) is 0 Å². The Balaban J connectivity index is 2.07. The number of hydrogen-bond donors (Lipinski definition) is 1. The van der Waals surface area contributed by atoms with E-state index in [4.69, 9.17) is 4.74 Å². The molecule has 0 aromatic rings. The minimum absolute atomic E-state index is 0.336. The van der Waals surface area contributed by atoms with Crippen LogP contribution in [-0.2, 0) is 14.3 Å². The van der Waals surface area contributed by atoms with E-state index in [0.29, 0.717) is 5.92 Å². The van der Waals surface area contributed by atoms with Crippen molar-refractivity contribution in [3.05, 3.63) is 12.3 Å². The molecule has 80 valence electrons. The highest BCUT2D eigenvalue weighted by Gasteiger charge is 2.12. The molecule has 0 radical (unpaired) electrons. The number of nitrogens with one attached hydrogen (secondary N) is 1. The molecule has 0 aromatic carbocycles. The average Bonchev–Trinajstić information content (AvgIpc) is 2.25. The van der Waals surface area contributed by atoms with Crippen molar-refractivity contribution in [2.75, 3.05) is 26.9 Å². The Morgan fingerprint density at radius 3 is 3.21 bits per heavy atom. The topological polar surface area (TPSA) is 47.6 Å². The summed E-state index contributed by atoms with van der Waals surface area (Å²) in [5.74, 6) is 0.225. The molecule has 0 saturated carbocycles. The van der Waals surface area contributed by atoms with Crippen molar-refractivity contribution in [3.63, 3.8) is 0 Å². The minimum Gasteiger partial charge on any atom is -0.466 e. The monoisotopic (exact) mass is 199 g/mol. The molecule has 1 rings (SSSR count). The predicted molar refractivity (Wildman–Crippen MR) is 52.7 cm³/mol. The maximum atomic E-state index is 10.7. The van der Waals surface area contributed by atoms with Gasteiger partial charge < -0.3 is 14.8 Å². The number of rotatable bonds is 4. The van der Waals surface area contributed by atoms with E-state index in [1.165, 1.54) is 19.6 Å². The number of hydrogen-bond acceptors (Lipinski definition) is 4. The van der Waals surface area contributed by atoms with Gasteiger partial charge in [0.15, 0.2) is 0 Å². The van der Waals surface area contributed by atoms with E-state index in [1.54, 1.807) is 6.20 Å². The molecule has 0 aliphatic carbocycles. The van der Waals surface area contributed by atoms with Crippen LogP contribution in [0.1, 0.15) is 12.8 Å². The summed E-state index contributed by atoms with van der Waals surface area (Å²) in [5, 5.41) is 3.06. The lowest BCUT2D eigenvalue weighted by Gasteiger charge is -2.21. The van der Waals surface area contributed by atoms with Crippen molar-refractivity contribution in [3.8, 4) is 0 Å². The van der Waals surface area contributed by atoms with Crippen LogP contribution in [0.3, 0.4) is 0 Å². The summed E-state index contributed by atoms with van der Waals surface area (Å²) in [5.41, 5.74) is 0. The average molecular weight is 199 g/mol. The van der Waals surface area contributed by atoms with Crippen molar-refractivity contribution < 1.29 is 14.3 Å². The van der Waals surface area contributed by atoms with E-state index in [0.717, 1.165) is 26.2 Å². The molecule has 1 heterocycles. The fourth-order valence-corrected chi connectivity index (χ4v) is 1.40. The Kier molecular flexibility index (Phi) is 5.07. The first-order chi connectivity index (χ1) is 6.83. The maximum absolute atomic E-state index is 10.7. The highest BCUT2D eigenvalue weighted by molar-refractivity contribution is 5.81. The summed E-state index contributed by atoms with van der Waals surface area (Å²) in [6.45, 7) is 2.56. The van der Waals surface area contributed by atoms with E-state index >= 15 is 0 Å². The molecule has 1 saturated heterocycles. The summed E-state index contributed by atoms with van der Waals surface area (Å²) >= 11 is 0. The third kappa shape index (κ3) is 4.28. The Morgan fingerprint density at radius 2 is 2.57 bits per heavy atom. The van der Waals surface area contributed by atoms with Gasteiger partial charge >= 0.3 is 5.97 Å². The van der Waals surface area contributed by atoms with Crippen molar-refractivity contribution >= 4 is 5.97 Å². The van der Waals surface area contributed by atoms with Crippen molar-refractivity contribution in [1.29, 1.82) is 0 Å². The van der Waals surface area contributed by atoms with Gasteiger partial charge in [-0.2, -0.15) is 0 Å². The predicted octanol–water partition coefficient (Wildman–Crippen LogP) is 0.689. The van der Waals surface area contributed by atoms with Crippen molar-refractivity contribution in [2.24, 2.45) is 5.92 Å². The molecule has 0 aromatic heterocycles. The van der Waals surface area contributed by atoms with E-state index < -0.39 is 0 Å². The second-order valence-corrected chi connectivity index (χ2v) is 3.35. The Labute approximate surface area is 84.3 Å². The zero-order chi connectivity index (χ0) is 10.2. The van der Waals surface area contributed by atoms with E-state index in [9.17, 15) is 4.79 Å². The van der Waals surface area contributed by atoms with Crippen molar-refractivity contribution in [2.45, 2.75) is 12.8 Å². The number of methoxy groups -OCH3 is 1. The maximum Gasteiger partial charge on any atom is 0.331 e. The van der Waals surface area contributed by atoms with Crippen LogP contribution < -0.4 is 5.32 Å². The lowest BCUT2D eigenvalue weighted by Crippen LogP contribution is -2.26. The smallest absolute Gasteiger partial charge is 0.331 e. The molecule has 4 heteroatoms. The summed E-state index contributed by atoms with van der Waals surface area (Å²) < 4.78 is 9.78. The molecule has 1 aliphatic heterocycles. The quantitative estimate of drug-likeness (QED) is 0.534.